The van der Waals surface area contributed by atoms with Gasteiger partial charge >= 0.3 is 0 Å². The largest absolute Gasteiger partial charge is 0.350 e. The Morgan fingerprint density at radius 2 is 2.09 bits per heavy atom. The first-order valence-corrected chi connectivity index (χ1v) is 6.98. The Morgan fingerprint density at radius 1 is 1.36 bits per heavy atom. The summed E-state index contributed by atoms with van der Waals surface area (Å²) in [4.78, 5) is 12.2. The molecule has 2 rings (SSSR count). The van der Waals surface area contributed by atoms with Gasteiger partial charge in [0.2, 0.25) is 0 Å². The van der Waals surface area contributed by atoms with Gasteiger partial charge < -0.3 is 11.1 Å². The van der Waals surface area contributed by atoms with E-state index in [2.05, 4.69) is 20.8 Å². The molecule has 0 spiro atoms. The first-order valence-electron chi connectivity index (χ1n) is 6.98. The van der Waals surface area contributed by atoms with E-state index in [4.69, 9.17) is 5.73 Å². The molecule has 120 valence electrons. The molecular weight excluding hydrogens is 304 g/mol. The Kier molecular flexibility index (Phi) is 6.45. The zero-order valence-electron chi connectivity index (χ0n) is 12.7. The van der Waals surface area contributed by atoms with Crippen LogP contribution in [0.4, 0.5) is 0 Å². The highest BCUT2D eigenvalue weighted by Crippen LogP contribution is 2.11. The number of nitrogens with one attached hydrogen (secondary N) is 1. The molecule has 0 unspecified atom stereocenters. The summed E-state index contributed by atoms with van der Waals surface area (Å²) in [5.41, 5.74) is 7.11. The van der Waals surface area contributed by atoms with Crippen molar-refractivity contribution in [1.29, 1.82) is 0 Å². The molecule has 3 N–H and O–H groups in total. The maximum atomic E-state index is 12.2. The van der Waals surface area contributed by atoms with Crippen LogP contribution in [0.15, 0.2) is 30.6 Å². The molecule has 8 heteroatoms. The lowest BCUT2D eigenvalue weighted by molar-refractivity contribution is 0.0942. The van der Waals surface area contributed by atoms with Crippen molar-refractivity contribution < 1.29 is 4.79 Å². The third kappa shape index (κ3) is 4.25. The fourth-order valence-electron chi connectivity index (χ4n) is 1.93. The van der Waals surface area contributed by atoms with Crippen LogP contribution in [0.25, 0.3) is 5.69 Å². The Hall–Kier alpha value is -1.99. The van der Waals surface area contributed by atoms with Crippen LogP contribution in [-0.2, 0) is 0 Å². The molecule has 7 nitrogen and oxygen atoms in total. The lowest BCUT2D eigenvalue weighted by Gasteiger charge is -2.26. The van der Waals surface area contributed by atoms with E-state index in [0.717, 1.165) is 18.5 Å². The van der Waals surface area contributed by atoms with Gasteiger partial charge in [0.1, 0.15) is 6.33 Å². The number of aromatic nitrogens is 4. The average molecular weight is 325 g/mol. The predicted molar refractivity (Wildman–Crippen MR) is 86.2 cm³/mol. The fraction of sp³-hybridized carbons (Fsp3) is 0.429. The van der Waals surface area contributed by atoms with Crippen molar-refractivity contribution >= 4 is 18.3 Å². The van der Waals surface area contributed by atoms with Crippen LogP contribution in [0.5, 0.6) is 0 Å². The van der Waals surface area contributed by atoms with E-state index < -0.39 is 0 Å². The van der Waals surface area contributed by atoms with Crippen LogP contribution in [0, 0.1) is 0 Å². The number of amides is 1. The van der Waals surface area contributed by atoms with Gasteiger partial charge in [-0.25, -0.2) is 4.68 Å². The quantitative estimate of drug-likeness (QED) is 0.835. The minimum absolute atomic E-state index is 0. The van der Waals surface area contributed by atoms with E-state index in [9.17, 15) is 4.79 Å². The molecule has 22 heavy (non-hydrogen) atoms. The van der Waals surface area contributed by atoms with Crippen molar-refractivity contribution in [2.75, 3.05) is 6.54 Å². The standard InChI is InChI=1S/C14H20N6O.ClH/c1-3-14(15,4-2)9-16-13(21)11-6-5-7-12(8-11)20-10-17-18-19-20;/h5-8,10H,3-4,9,15H2,1-2H3,(H,16,21);1H. The number of rotatable bonds is 6. The fourth-order valence-corrected chi connectivity index (χ4v) is 1.93. The van der Waals surface area contributed by atoms with E-state index in [1.54, 1.807) is 18.2 Å². The first-order chi connectivity index (χ1) is 10.1. The minimum Gasteiger partial charge on any atom is -0.350 e. The summed E-state index contributed by atoms with van der Waals surface area (Å²) in [5, 5.41) is 13.8. The number of benzene rings is 1. The summed E-state index contributed by atoms with van der Waals surface area (Å²) >= 11 is 0. The molecule has 1 heterocycles. The lowest BCUT2D eigenvalue weighted by Crippen LogP contribution is -2.49. The van der Waals surface area contributed by atoms with Gasteiger partial charge in [-0.3, -0.25) is 4.79 Å². The maximum absolute atomic E-state index is 12.2. The van der Waals surface area contributed by atoms with Crippen LogP contribution < -0.4 is 11.1 Å². The second-order valence-corrected chi connectivity index (χ2v) is 5.06. The number of halogens is 1. The van der Waals surface area contributed by atoms with E-state index in [1.807, 2.05) is 19.9 Å². The molecule has 0 bridgehead atoms. The first kappa shape index (κ1) is 18.1. The van der Waals surface area contributed by atoms with Crippen molar-refractivity contribution in [1.82, 2.24) is 25.5 Å². The van der Waals surface area contributed by atoms with Gasteiger partial charge in [0.05, 0.1) is 5.69 Å². The number of nitrogens with zero attached hydrogens (tertiary/aromatic N) is 4. The molecule has 1 aromatic carbocycles. The highest BCUT2D eigenvalue weighted by molar-refractivity contribution is 5.94. The van der Waals surface area contributed by atoms with Gasteiger partial charge in [-0.05, 0) is 41.5 Å². The van der Waals surface area contributed by atoms with Gasteiger partial charge in [-0.15, -0.1) is 17.5 Å². The molecule has 0 aliphatic carbocycles. The van der Waals surface area contributed by atoms with Gasteiger partial charge in [0, 0.05) is 17.6 Å². The second kappa shape index (κ2) is 7.86. The van der Waals surface area contributed by atoms with Gasteiger partial charge in [-0.1, -0.05) is 19.9 Å². The topological polar surface area (TPSA) is 98.7 Å². The average Bonchev–Trinajstić information content (AvgIpc) is 3.07. The molecule has 0 saturated heterocycles. The minimum atomic E-state index is -0.358. The highest BCUT2D eigenvalue weighted by Gasteiger charge is 2.21. The predicted octanol–water partition coefficient (Wildman–Crippen LogP) is 1.33. The van der Waals surface area contributed by atoms with Gasteiger partial charge in [-0.2, -0.15) is 0 Å². The lowest BCUT2D eigenvalue weighted by atomic mass is 9.94. The summed E-state index contributed by atoms with van der Waals surface area (Å²) in [6.45, 7) is 4.50. The Bertz CT molecular complexity index is 597. The van der Waals surface area contributed by atoms with Crippen LogP contribution >= 0.6 is 12.4 Å². The Morgan fingerprint density at radius 3 is 2.68 bits per heavy atom. The molecule has 1 aromatic heterocycles. The van der Waals surface area contributed by atoms with Crippen LogP contribution in [-0.4, -0.2) is 38.2 Å². The molecule has 0 atom stereocenters. The number of hydrogen-bond donors (Lipinski definition) is 2. The third-order valence-corrected chi connectivity index (χ3v) is 3.73. The summed E-state index contributed by atoms with van der Waals surface area (Å²) in [7, 11) is 0. The molecule has 2 aromatic rings. The molecule has 0 radical (unpaired) electrons. The Balaban J connectivity index is 0.00000242. The molecule has 0 aliphatic heterocycles. The van der Waals surface area contributed by atoms with Crippen LogP contribution in [0.1, 0.15) is 37.0 Å². The summed E-state index contributed by atoms with van der Waals surface area (Å²) < 4.78 is 1.50. The molecule has 0 saturated carbocycles. The SMILES string of the molecule is CCC(N)(CC)CNC(=O)c1cccc(-n2cnnn2)c1.Cl. The van der Waals surface area contributed by atoms with Crippen molar-refractivity contribution in [2.24, 2.45) is 5.73 Å². The second-order valence-electron chi connectivity index (χ2n) is 5.06. The van der Waals surface area contributed by atoms with Gasteiger partial charge in [0.15, 0.2) is 0 Å². The number of tetrazole rings is 1. The van der Waals surface area contributed by atoms with E-state index in [0.29, 0.717) is 12.1 Å². The van der Waals surface area contributed by atoms with E-state index >= 15 is 0 Å². The number of hydrogen-bond acceptors (Lipinski definition) is 5. The third-order valence-electron chi connectivity index (χ3n) is 3.73. The molecular formula is C14H21ClN6O. The normalized spacial score (nSPS) is 10.9. The van der Waals surface area contributed by atoms with Crippen molar-refractivity contribution in [2.45, 2.75) is 32.2 Å². The number of carbonyl (C=O) groups excluding carboxylic acids is 1. The van der Waals surface area contributed by atoms with Gasteiger partial charge in [0.25, 0.3) is 5.91 Å². The van der Waals surface area contributed by atoms with E-state index in [-0.39, 0.29) is 23.9 Å². The molecule has 0 aliphatic rings. The van der Waals surface area contributed by atoms with Crippen LogP contribution in [0.2, 0.25) is 0 Å². The van der Waals surface area contributed by atoms with Crippen molar-refractivity contribution in [3.05, 3.63) is 36.2 Å². The smallest absolute Gasteiger partial charge is 0.251 e. The van der Waals surface area contributed by atoms with Crippen LogP contribution in [0.3, 0.4) is 0 Å². The zero-order valence-corrected chi connectivity index (χ0v) is 13.5. The Labute approximate surface area is 135 Å². The molecule has 1 amide bonds. The molecule has 0 fully saturated rings. The van der Waals surface area contributed by atoms with E-state index in [1.165, 1.54) is 11.0 Å². The summed E-state index contributed by atoms with van der Waals surface area (Å²) in [6, 6.07) is 7.11. The maximum Gasteiger partial charge on any atom is 0.251 e. The highest BCUT2D eigenvalue weighted by atomic mass is 35.5. The zero-order chi connectivity index (χ0) is 15.3. The summed E-state index contributed by atoms with van der Waals surface area (Å²) in [5.74, 6) is -0.151. The van der Waals surface area contributed by atoms with Crippen molar-refractivity contribution in [3.8, 4) is 5.69 Å². The number of carbonyl (C=O) groups is 1. The van der Waals surface area contributed by atoms with Crippen molar-refractivity contribution in [3.63, 3.8) is 0 Å². The number of nitrogens with two attached hydrogens (primary N) is 1. The monoisotopic (exact) mass is 324 g/mol. The summed E-state index contributed by atoms with van der Waals surface area (Å²) in [6.07, 6.45) is 3.11.